The first kappa shape index (κ1) is 20.2. The topological polar surface area (TPSA) is 80.9 Å². The van der Waals surface area contributed by atoms with Crippen LogP contribution in [0, 0.1) is 16.2 Å². The molecule has 0 amide bonds. The Balaban J connectivity index is 0. The highest BCUT2D eigenvalue weighted by Crippen LogP contribution is 2.40. The van der Waals surface area contributed by atoms with Gasteiger partial charge in [0, 0.05) is 10.8 Å². The zero-order valence-electron chi connectivity index (χ0n) is 12.8. The van der Waals surface area contributed by atoms with E-state index in [0.717, 1.165) is 6.42 Å². The fourth-order valence-corrected chi connectivity index (χ4v) is 1.33. The van der Waals surface area contributed by atoms with E-state index < -0.39 is 0 Å². The van der Waals surface area contributed by atoms with Crippen molar-refractivity contribution in [1.29, 1.82) is 0 Å². The van der Waals surface area contributed by atoms with Gasteiger partial charge >= 0.3 is 0 Å². The first-order chi connectivity index (χ1) is 8.05. The molecule has 0 radical (unpaired) electrons. The molecule has 18 heavy (non-hydrogen) atoms. The standard InChI is InChI=1S/C9H20O2.C5H12O2/c1-5-9(6-10,7-11)8(2,3)4;1-5(2,3-6)4-7/h10-11H,5-7H2,1-4H3;6-7H,3-4H2,1-2H3. The van der Waals surface area contributed by atoms with Crippen LogP contribution in [0.25, 0.3) is 0 Å². The van der Waals surface area contributed by atoms with Crippen molar-refractivity contribution in [3.63, 3.8) is 0 Å². The van der Waals surface area contributed by atoms with Crippen molar-refractivity contribution in [2.24, 2.45) is 16.2 Å². The lowest BCUT2D eigenvalue weighted by molar-refractivity contribution is -0.0356. The highest BCUT2D eigenvalue weighted by Gasteiger charge is 2.39. The highest BCUT2D eigenvalue weighted by molar-refractivity contribution is 4.88. The van der Waals surface area contributed by atoms with Gasteiger partial charge in [0.1, 0.15) is 0 Å². The van der Waals surface area contributed by atoms with Gasteiger partial charge in [-0.3, -0.25) is 0 Å². The Labute approximate surface area is 112 Å². The smallest absolute Gasteiger partial charge is 0.0514 e. The minimum Gasteiger partial charge on any atom is -0.396 e. The molecule has 0 saturated carbocycles. The molecule has 0 aliphatic rings. The Hall–Kier alpha value is -0.160. The molecule has 0 fully saturated rings. The summed E-state index contributed by atoms with van der Waals surface area (Å²) in [5.41, 5.74) is -0.668. The lowest BCUT2D eigenvalue weighted by Crippen LogP contribution is -2.41. The molecule has 0 saturated heterocycles. The van der Waals surface area contributed by atoms with E-state index in [-0.39, 0.29) is 42.7 Å². The molecule has 4 N–H and O–H groups in total. The zero-order chi connectivity index (χ0) is 15.0. The average Bonchev–Trinajstić information content (AvgIpc) is 2.31. The van der Waals surface area contributed by atoms with Crippen LogP contribution < -0.4 is 0 Å². The summed E-state index contributed by atoms with van der Waals surface area (Å²) >= 11 is 0. The molecule has 0 spiro atoms. The summed E-state index contributed by atoms with van der Waals surface area (Å²) in [5, 5.41) is 35.2. The van der Waals surface area contributed by atoms with Crippen LogP contribution in [-0.2, 0) is 0 Å². The Morgan fingerprint density at radius 3 is 1.00 bits per heavy atom. The van der Waals surface area contributed by atoms with Crippen molar-refractivity contribution >= 4 is 0 Å². The van der Waals surface area contributed by atoms with Crippen molar-refractivity contribution in [1.82, 2.24) is 0 Å². The molecular weight excluding hydrogens is 232 g/mol. The van der Waals surface area contributed by atoms with Gasteiger partial charge in [-0.25, -0.2) is 0 Å². The summed E-state index contributed by atoms with van der Waals surface area (Å²) in [6.07, 6.45) is 0.809. The van der Waals surface area contributed by atoms with E-state index in [2.05, 4.69) is 0 Å². The number of hydrogen-bond acceptors (Lipinski definition) is 4. The molecular formula is C14H32O4. The van der Waals surface area contributed by atoms with Crippen LogP contribution in [0.5, 0.6) is 0 Å². The second kappa shape index (κ2) is 8.10. The van der Waals surface area contributed by atoms with Gasteiger partial charge in [-0.05, 0) is 11.8 Å². The molecule has 0 aliphatic heterocycles. The Morgan fingerprint density at radius 2 is 1.00 bits per heavy atom. The Morgan fingerprint density at radius 1 is 0.667 bits per heavy atom. The number of aliphatic hydroxyl groups is 4. The molecule has 0 aliphatic carbocycles. The summed E-state index contributed by atoms with van der Waals surface area (Å²) in [4.78, 5) is 0. The predicted octanol–water partition coefficient (Wildman–Crippen LogP) is 1.41. The molecule has 0 aromatic heterocycles. The number of rotatable bonds is 5. The largest absolute Gasteiger partial charge is 0.396 e. The van der Waals surface area contributed by atoms with Crippen molar-refractivity contribution in [2.75, 3.05) is 26.4 Å². The van der Waals surface area contributed by atoms with Crippen molar-refractivity contribution < 1.29 is 20.4 Å². The number of aliphatic hydroxyl groups excluding tert-OH is 4. The van der Waals surface area contributed by atoms with E-state index >= 15 is 0 Å². The van der Waals surface area contributed by atoms with Crippen molar-refractivity contribution in [2.45, 2.75) is 48.0 Å². The average molecular weight is 264 g/mol. The molecule has 0 aromatic rings. The van der Waals surface area contributed by atoms with E-state index in [9.17, 15) is 0 Å². The minimum atomic E-state index is -0.326. The molecule has 0 heterocycles. The molecule has 0 aromatic carbocycles. The maximum absolute atomic E-state index is 9.15. The van der Waals surface area contributed by atoms with Gasteiger partial charge in [-0.2, -0.15) is 0 Å². The van der Waals surface area contributed by atoms with Gasteiger partial charge in [0.25, 0.3) is 0 Å². The quantitative estimate of drug-likeness (QED) is 0.605. The first-order valence-corrected chi connectivity index (χ1v) is 6.49. The molecule has 0 bridgehead atoms. The fourth-order valence-electron chi connectivity index (χ4n) is 1.33. The van der Waals surface area contributed by atoms with Gasteiger partial charge < -0.3 is 20.4 Å². The molecule has 0 rings (SSSR count). The van der Waals surface area contributed by atoms with Crippen molar-refractivity contribution in [3.05, 3.63) is 0 Å². The summed E-state index contributed by atoms with van der Waals surface area (Å²) in [5.74, 6) is 0. The lowest BCUT2D eigenvalue weighted by atomic mass is 9.66. The Bertz CT molecular complexity index is 188. The van der Waals surface area contributed by atoms with Gasteiger partial charge in [-0.1, -0.05) is 41.5 Å². The molecule has 4 heteroatoms. The SMILES string of the molecule is CC(C)(CO)CO.CCC(CO)(CO)C(C)(C)C. The highest BCUT2D eigenvalue weighted by atomic mass is 16.3. The van der Waals surface area contributed by atoms with Gasteiger partial charge in [0.05, 0.1) is 26.4 Å². The van der Waals surface area contributed by atoms with E-state index in [1.807, 2.05) is 27.7 Å². The molecule has 0 atom stereocenters. The van der Waals surface area contributed by atoms with Gasteiger partial charge in [0.15, 0.2) is 0 Å². The van der Waals surface area contributed by atoms with Crippen LogP contribution >= 0.6 is 0 Å². The number of hydrogen-bond donors (Lipinski definition) is 4. The molecule has 112 valence electrons. The molecule has 0 unspecified atom stereocenters. The minimum absolute atomic E-state index is 0.0365. The Kier molecular flexibility index (Phi) is 9.07. The lowest BCUT2D eigenvalue weighted by Gasteiger charge is -2.41. The second-order valence-corrected chi connectivity index (χ2v) is 6.68. The second-order valence-electron chi connectivity index (χ2n) is 6.68. The van der Waals surface area contributed by atoms with E-state index in [0.29, 0.717) is 0 Å². The van der Waals surface area contributed by atoms with Gasteiger partial charge in [-0.15, -0.1) is 0 Å². The third-order valence-electron chi connectivity index (χ3n) is 3.73. The van der Waals surface area contributed by atoms with Crippen molar-refractivity contribution in [3.8, 4) is 0 Å². The van der Waals surface area contributed by atoms with Crippen LogP contribution in [0.4, 0.5) is 0 Å². The maximum Gasteiger partial charge on any atom is 0.0514 e. The predicted molar refractivity (Wildman–Crippen MR) is 74.3 cm³/mol. The summed E-state index contributed by atoms with van der Waals surface area (Å²) in [6, 6.07) is 0. The van der Waals surface area contributed by atoms with E-state index in [4.69, 9.17) is 20.4 Å². The summed E-state index contributed by atoms with van der Waals surface area (Å²) in [7, 11) is 0. The van der Waals surface area contributed by atoms with Crippen LogP contribution in [0.1, 0.15) is 48.0 Å². The summed E-state index contributed by atoms with van der Waals surface area (Å²) < 4.78 is 0. The van der Waals surface area contributed by atoms with E-state index in [1.54, 1.807) is 13.8 Å². The molecule has 4 nitrogen and oxygen atoms in total. The normalized spacial score (nSPS) is 13.0. The van der Waals surface area contributed by atoms with Crippen LogP contribution in [0.15, 0.2) is 0 Å². The van der Waals surface area contributed by atoms with Crippen LogP contribution in [0.2, 0.25) is 0 Å². The zero-order valence-corrected chi connectivity index (χ0v) is 12.8. The van der Waals surface area contributed by atoms with Gasteiger partial charge in [0.2, 0.25) is 0 Å². The van der Waals surface area contributed by atoms with E-state index in [1.165, 1.54) is 0 Å². The van der Waals surface area contributed by atoms with Crippen LogP contribution in [0.3, 0.4) is 0 Å². The monoisotopic (exact) mass is 264 g/mol. The summed E-state index contributed by atoms with van der Waals surface area (Å²) in [6.45, 7) is 11.9. The maximum atomic E-state index is 9.15. The third-order valence-corrected chi connectivity index (χ3v) is 3.73. The van der Waals surface area contributed by atoms with Crippen LogP contribution in [-0.4, -0.2) is 46.9 Å². The third kappa shape index (κ3) is 6.14. The fraction of sp³-hybridized carbons (Fsp3) is 1.00. The first-order valence-electron chi connectivity index (χ1n) is 6.49.